The highest BCUT2D eigenvalue weighted by Gasteiger charge is 2.23. The van der Waals surface area contributed by atoms with E-state index in [-0.39, 0.29) is 11.2 Å². The van der Waals surface area contributed by atoms with Crippen molar-refractivity contribution < 1.29 is 5.11 Å². The molecule has 0 spiro atoms. The van der Waals surface area contributed by atoms with Gasteiger partial charge >= 0.3 is 0 Å². The van der Waals surface area contributed by atoms with Gasteiger partial charge in [0.05, 0.1) is 5.70 Å². The van der Waals surface area contributed by atoms with Crippen molar-refractivity contribution in [2.24, 2.45) is 5.41 Å². The molecular formula is C19H33NO. The fourth-order valence-electron chi connectivity index (χ4n) is 2.12. The van der Waals surface area contributed by atoms with E-state index in [1.807, 2.05) is 13.8 Å². The molecule has 0 rings (SSSR count). The van der Waals surface area contributed by atoms with Gasteiger partial charge in [-0.3, -0.25) is 0 Å². The highest BCUT2D eigenvalue weighted by Crippen LogP contribution is 2.30. The van der Waals surface area contributed by atoms with E-state index in [1.54, 1.807) is 0 Å². The molecule has 0 aromatic carbocycles. The first-order chi connectivity index (χ1) is 9.51. The number of unbranched alkanes of at least 4 members (excludes halogenated alkanes) is 1. The standard InChI is InChI=1S/C19H33NO/c1-10-11-12-15(4)20(13-19(7,8)9)18(17(6)21)16(5)14(2)3/h21H,2,4,6,10-13H2,1,3,5,7-9H3/b18-16+. The molecular weight excluding hydrogens is 258 g/mol. The summed E-state index contributed by atoms with van der Waals surface area (Å²) in [5.74, 6) is 0.0809. The van der Waals surface area contributed by atoms with Crippen LogP contribution in [-0.4, -0.2) is 16.6 Å². The summed E-state index contributed by atoms with van der Waals surface area (Å²) in [5, 5.41) is 10.1. The molecule has 0 atom stereocenters. The fourth-order valence-corrected chi connectivity index (χ4v) is 2.12. The van der Waals surface area contributed by atoms with Crippen molar-refractivity contribution in [1.82, 2.24) is 4.90 Å². The molecule has 21 heavy (non-hydrogen) atoms. The minimum absolute atomic E-state index is 0.0809. The van der Waals surface area contributed by atoms with Crippen LogP contribution in [0.2, 0.25) is 0 Å². The zero-order valence-electron chi connectivity index (χ0n) is 14.8. The van der Waals surface area contributed by atoms with Crippen LogP contribution in [-0.2, 0) is 0 Å². The van der Waals surface area contributed by atoms with Crippen molar-refractivity contribution in [3.8, 4) is 0 Å². The Morgan fingerprint density at radius 3 is 1.95 bits per heavy atom. The third kappa shape index (κ3) is 6.70. The minimum Gasteiger partial charge on any atom is -0.506 e. The first-order valence-corrected chi connectivity index (χ1v) is 7.71. The Hall–Kier alpha value is -1.44. The van der Waals surface area contributed by atoms with Crippen LogP contribution in [0.3, 0.4) is 0 Å². The van der Waals surface area contributed by atoms with Gasteiger partial charge in [0.1, 0.15) is 5.76 Å². The molecule has 0 aliphatic heterocycles. The lowest BCUT2D eigenvalue weighted by atomic mass is 9.94. The second-order valence-electron chi connectivity index (χ2n) is 7.02. The van der Waals surface area contributed by atoms with Crippen molar-refractivity contribution in [1.29, 1.82) is 0 Å². The van der Waals surface area contributed by atoms with Crippen LogP contribution < -0.4 is 0 Å². The van der Waals surface area contributed by atoms with Crippen LogP contribution >= 0.6 is 0 Å². The third-order valence-electron chi connectivity index (χ3n) is 3.37. The average Bonchev–Trinajstić information content (AvgIpc) is 2.32. The van der Waals surface area contributed by atoms with E-state index < -0.39 is 0 Å². The van der Waals surface area contributed by atoms with Gasteiger partial charge in [-0.05, 0) is 37.7 Å². The van der Waals surface area contributed by atoms with Crippen molar-refractivity contribution in [2.75, 3.05) is 6.54 Å². The summed E-state index contributed by atoms with van der Waals surface area (Å²) >= 11 is 0. The molecule has 0 saturated carbocycles. The van der Waals surface area contributed by atoms with E-state index in [0.29, 0.717) is 0 Å². The Kier molecular flexibility index (Phi) is 7.56. The van der Waals surface area contributed by atoms with Gasteiger partial charge in [-0.1, -0.05) is 59.4 Å². The van der Waals surface area contributed by atoms with Crippen molar-refractivity contribution >= 4 is 0 Å². The smallest absolute Gasteiger partial charge is 0.132 e. The minimum atomic E-state index is 0.0809. The van der Waals surface area contributed by atoms with Crippen molar-refractivity contribution in [3.63, 3.8) is 0 Å². The fraction of sp³-hybridized carbons (Fsp3) is 0.579. The summed E-state index contributed by atoms with van der Waals surface area (Å²) in [5.41, 5.74) is 3.76. The molecule has 0 aromatic heterocycles. The summed E-state index contributed by atoms with van der Waals surface area (Å²) in [7, 11) is 0. The van der Waals surface area contributed by atoms with Crippen LogP contribution in [0.5, 0.6) is 0 Å². The maximum atomic E-state index is 10.1. The Morgan fingerprint density at radius 1 is 1.10 bits per heavy atom. The molecule has 120 valence electrons. The number of allylic oxidation sites excluding steroid dienone is 3. The lowest BCUT2D eigenvalue weighted by Gasteiger charge is -2.35. The lowest BCUT2D eigenvalue weighted by Crippen LogP contribution is -2.32. The SMILES string of the molecule is C=C(C)/C(C)=C(\C(=C)O)N(CC(C)(C)C)C(=C)CCCC. The molecule has 0 bridgehead atoms. The highest BCUT2D eigenvalue weighted by molar-refractivity contribution is 5.39. The highest BCUT2D eigenvalue weighted by atomic mass is 16.3. The van der Waals surface area contributed by atoms with Gasteiger partial charge in [-0.2, -0.15) is 0 Å². The van der Waals surface area contributed by atoms with Crippen LogP contribution in [0.15, 0.2) is 48.0 Å². The van der Waals surface area contributed by atoms with Crippen molar-refractivity contribution in [2.45, 2.75) is 60.8 Å². The lowest BCUT2D eigenvalue weighted by molar-refractivity contribution is 0.253. The van der Waals surface area contributed by atoms with Gasteiger partial charge in [-0.15, -0.1) is 0 Å². The average molecular weight is 291 g/mol. The normalized spacial score (nSPS) is 12.7. The number of hydrogen-bond donors (Lipinski definition) is 1. The summed E-state index contributed by atoms with van der Waals surface area (Å²) in [6.07, 6.45) is 3.14. The molecule has 0 saturated heterocycles. The molecule has 0 amide bonds. The van der Waals surface area contributed by atoms with Crippen LogP contribution in [0, 0.1) is 5.41 Å². The predicted octanol–water partition coefficient (Wildman–Crippen LogP) is 5.96. The number of aliphatic hydroxyl groups excluding tert-OH is 1. The molecule has 0 aliphatic carbocycles. The molecule has 0 radical (unpaired) electrons. The Bertz CT molecular complexity index is 435. The maximum Gasteiger partial charge on any atom is 0.132 e. The van der Waals surface area contributed by atoms with Gasteiger partial charge in [0.2, 0.25) is 0 Å². The van der Waals surface area contributed by atoms with Crippen molar-refractivity contribution in [3.05, 3.63) is 48.0 Å². The Balaban J connectivity index is 5.73. The number of hydrogen-bond acceptors (Lipinski definition) is 2. The Morgan fingerprint density at radius 2 is 1.62 bits per heavy atom. The number of aliphatic hydroxyl groups is 1. The Labute approximate surface area is 131 Å². The van der Waals surface area contributed by atoms with Gasteiger partial charge in [0, 0.05) is 12.2 Å². The molecule has 0 fully saturated rings. The van der Waals surface area contributed by atoms with E-state index in [0.717, 1.165) is 48.3 Å². The van der Waals surface area contributed by atoms with Crippen LogP contribution in [0.4, 0.5) is 0 Å². The molecule has 0 aromatic rings. The van der Waals surface area contributed by atoms with Crippen LogP contribution in [0.1, 0.15) is 60.8 Å². The number of nitrogens with zero attached hydrogens (tertiary/aromatic N) is 1. The topological polar surface area (TPSA) is 23.5 Å². The monoisotopic (exact) mass is 291 g/mol. The maximum absolute atomic E-state index is 10.1. The zero-order chi connectivity index (χ0) is 16.8. The third-order valence-corrected chi connectivity index (χ3v) is 3.37. The van der Waals surface area contributed by atoms with E-state index in [4.69, 9.17) is 0 Å². The summed E-state index contributed by atoms with van der Waals surface area (Å²) in [6, 6.07) is 0. The van der Waals surface area contributed by atoms with E-state index in [9.17, 15) is 5.11 Å². The molecule has 0 unspecified atom stereocenters. The quantitative estimate of drug-likeness (QED) is 0.440. The van der Waals surface area contributed by atoms with Gasteiger partial charge in [0.25, 0.3) is 0 Å². The van der Waals surface area contributed by atoms with Gasteiger partial charge in [0.15, 0.2) is 0 Å². The first-order valence-electron chi connectivity index (χ1n) is 7.71. The molecule has 2 heteroatoms. The molecule has 0 aliphatic rings. The molecule has 2 nitrogen and oxygen atoms in total. The summed E-state index contributed by atoms with van der Waals surface area (Å²) in [4.78, 5) is 2.11. The predicted molar refractivity (Wildman–Crippen MR) is 94.1 cm³/mol. The second-order valence-corrected chi connectivity index (χ2v) is 7.02. The summed E-state index contributed by atoms with van der Waals surface area (Å²) < 4.78 is 0. The van der Waals surface area contributed by atoms with E-state index >= 15 is 0 Å². The molecule has 1 N–H and O–H groups in total. The van der Waals surface area contributed by atoms with E-state index in [2.05, 4.69) is 52.3 Å². The van der Waals surface area contributed by atoms with Gasteiger partial charge in [-0.25, -0.2) is 0 Å². The summed E-state index contributed by atoms with van der Waals surface area (Å²) in [6.45, 7) is 25.4. The molecule has 0 heterocycles. The van der Waals surface area contributed by atoms with E-state index in [1.165, 1.54) is 0 Å². The van der Waals surface area contributed by atoms with Crippen LogP contribution in [0.25, 0.3) is 0 Å². The number of rotatable bonds is 8. The largest absolute Gasteiger partial charge is 0.506 e. The second kappa shape index (κ2) is 8.11. The zero-order valence-corrected chi connectivity index (χ0v) is 14.8. The first kappa shape index (κ1) is 19.6. The van der Waals surface area contributed by atoms with Gasteiger partial charge < -0.3 is 10.0 Å².